The fraction of sp³-hybridized carbons (Fsp3) is 0.267. The van der Waals surface area contributed by atoms with E-state index in [1.807, 2.05) is 19.1 Å². The van der Waals surface area contributed by atoms with Crippen LogP contribution in [-0.4, -0.2) is 16.5 Å². The number of nitro benzene ring substituents is 1. The largest absolute Gasteiger partial charge is 0.488 e. The van der Waals surface area contributed by atoms with E-state index < -0.39 is 4.92 Å². The maximum Gasteiger partial charge on any atom is 0.269 e. The molecule has 2 rings (SSSR count). The molecule has 6 nitrogen and oxygen atoms in total. The van der Waals surface area contributed by atoms with Gasteiger partial charge in [-0.05, 0) is 31.5 Å². The Balaban J connectivity index is 2.11. The number of hydrogen-bond acceptors (Lipinski definition) is 5. The van der Waals surface area contributed by atoms with Crippen LogP contribution in [-0.2, 0) is 6.61 Å². The molecule has 1 heterocycles. The molecular formula is C15H17N3O3. The number of aromatic nitrogens is 1. The zero-order valence-corrected chi connectivity index (χ0v) is 12.0. The molecule has 0 spiro atoms. The van der Waals surface area contributed by atoms with Crippen molar-refractivity contribution in [1.29, 1.82) is 0 Å². The topological polar surface area (TPSA) is 77.3 Å². The van der Waals surface area contributed by atoms with E-state index in [0.29, 0.717) is 12.4 Å². The molecule has 110 valence electrons. The van der Waals surface area contributed by atoms with Crippen molar-refractivity contribution in [2.75, 3.05) is 11.9 Å². The predicted molar refractivity (Wildman–Crippen MR) is 80.6 cm³/mol. The van der Waals surface area contributed by atoms with Crippen molar-refractivity contribution >= 4 is 11.5 Å². The van der Waals surface area contributed by atoms with Crippen molar-refractivity contribution in [3.63, 3.8) is 0 Å². The first-order chi connectivity index (χ1) is 10.1. The van der Waals surface area contributed by atoms with E-state index >= 15 is 0 Å². The second-order valence-electron chi connectivity index (χ2n) is 4.54. The van der Waals surface area contributed by atoms with Crippen molar-refractivity contribution in [3.8, 4) is 5.75 Å². The Bertz CT molecular complexity index is 644. The SMILES string of the molecule is CCNc1ncccc1COc1ccc([N+](=O)[O-])cc1C. The van der Waals surface area contributed by atoms with E-state index in [2.05, 4.69) is 10.3 Å². The summed E-state index contributed by atoms with van der Waals surface area (Å²) >= 11 is 0. The van der Waals surface area contributed by atoms with Gasteiger partial charge in [0.25, 0.3) is 5.69 Å². The molecule has 1 aromatic heterocycles. The van der Waals surface area contributed by atoms with Gasteiger partial charge < -0.3 is 10.1 Å². The number of hydrogen-bond donors (Lipinski definition) is 1. The highest BCUT2D eigenvalue weighted by Gasteiger charge is 2.10. The summed E-state index contributed by atoms with van der Waals surface area (Å²) < 4.78 is 5.74. The summed E-state index contributed by atoms with van der Waals surface area (Å²) in [7, 11) is 0. The maximum absolute atomic E-state index is 10.7. The van der Waals surface area contributed by atoms with Crippen LogP contribution in [0.2, 0.25) is 0 Å². The van der Waals surface area contributed by atoms with Gasteiger partial charge in [-0.1, -0.05) is 6.07 Å². The Morgan fingerprint density at radius 1 is 1.38 bits per heavy atom. The zero-order chi connectivity index (χ0) is 15.2. The lowest BCUT2D eigenvalue weighted by atomic mass is 10.2. The van der Waals surface area contributed by atoms with E-state index in [1.165, 1.54) is 12.1 Å². The number of nitrogens with zero attached hydrogens (tertiary/aromatic N) is 2. The molecule has 0 atom stereocenters. The Morgan fingerprint density at radius 3 is 2.86 bits per heavy atom. The number of rotatable bonds is 6. The number of aryl methyl sites for hydroxylation is 1. The lowest BCUT2D eigenvalue weighted by Crippen LogP contribution is -2.06. The highest BCUT2D eigenvalue weighted by atomic mass is 16.6. The molecule has 6 heteroatoms. The van der Waals surface area contributed by atoms with Crippen molar-refractivity contribution in [2.24, 2.45) is 0 Å². The molecule has 0 saturated heterocycles. The second-order valence-corrected chi connectivity index (χ2v) is 4.54. The second kappa shape index (κ2) is 6.69. The minimum absolute atomic E-state index is 0.0644. The van der Waals surface area contributed by atoms with Crippen molar-refractivity contribution in [3.05, 3.63) is 57.8 Å². The highest BCUT2D eigenvalue weighted by molar-refractivity contribution is 5.45. The van der Waals surface area contributed by atoms with Crippen LogP contribution in [0.25, 0.3) is 0 Å². The number of non-ortho nitro benzene ring substituents is 1. The van der Waals surface area contributed by atoms with Gasteiger partial charge in [-0.25, -0.2) is 4.98 Å². The monoisotopic (exact) mass is 287 g/mol. The molecule has 21 heavy (non-hydrogen) atoms. The van der Waals surface area contributed by atoms with Gasteiger partial charge >= 0.3 is 0 Å². The molecule has 0 amide bonds. The number of anilines is 1. The Hall–Kier alpha value is -2.63. The van der Waals surface area contributed by atoms with E-state index in [9.17, 15) is 10.1 Å². The molecule has 0 aliphatic carbocycles. The fourth-order valence-corrected chi connectivity index (χ4v) is 1.95. The van der Waals surface area contributed by atoms with Crippen LogP contribution in [0.1, 0.15) is 18.1 Å². The van der Waals surface area contributed by atoms with Gasteiger partial charge in [-0.2, -0.15) is 0 Å². The van der Waals surface area contributed by atoms with Gasteiger partial charge in [0.05, 0.1) is 4.92 Å². The normalized spacial score (nSPS) is 10.2. The van der Waals surface area contributed by atoms with Crippen molar-refractivity contribution in [2.45, 2.75) is 20.5 Å². The average Bonchev–Trinajstić information content (AvgIpc) is 2.47. The van der Waals surface area contributed by atoms with Gasteiger partial charge in [0.1, 0.15) is 18.2 Å². The third kappa shape index (κ3) is 3.68. The molecular weight excluding hydrogens is 270 g/mol. The molecule has 0 fully saturated rings. The minimum atomic E-state index is -0.416. The number of pyridine rings is 1. The van der Waals surface area contributed by atoms with Crippen LogP contribution in [0.15, 0.2) is 36.5 Å². The van der Waals surface area contributed by atoms with Gasteiger partial charge in [-0.3, -0.25) is 10.1 Å². The van der Waals surface area contributed by atoms with Crippen LogP contribution < -0.4 is 10.1 Å². The summed E-state index contributed by atoms with van der Waals surface area (Å²) in [5.74, 6) is 1.42. The van der Waals surface area contributed by atoms with E-state index in [4.69, 9.17) is 4.74 Å². The highest BCUT2D eigenvalue weighted by Crippen LogP contribution is 2.24. The first kappa shape index (κ1) is 14.8. The molecule has 0 radical (unpaired) electrons. The number of benzene rings is 1. The average molecular weight is 287 g/mol. The van der Waals surface area contributed by atoms with Crippen LogP contribution in [0.4, 0.5) is 11.5 Å². The van der Waals surface area contributed by atoms with Crippen LogP contribution in [0.3, 0.4) is 0 Å². The minimum Gasteiger partial charge on any atom is -0.488 e. The quantitative estimate of drug-likeness (QED) is 0.651. The number of nitrogens with one attached hydrogen (secondary N) is 1. The zero-order valence-electron chi connectivity index (χ0n) is 12.0. The van der Waals surface area contributed by atoms with Gasteiger partial charge in [0.2, 0.25) is 0 Å². The summed E-state index contributed by atoms with van der Waals surface area (Å²) in [5.41, 5.74) is 1.74. The molecule has 1 aromatic carbocycles. The van der Waals surface area contributed by atoms with E-state index in [-0.39, 0.29) is 5.69 Å². The number of nitro groups is 1. The fourth-order valence-electron chi connectivity index (χ4n) is 1.95. The van der Waals surface area contributed by atoms with Gasteiger partial charge in [-0.15, -0.1) is 0 Å². The summed E-state index contributed by atoms with van der Waals surface area (Å²) in [6.45, 7) is 4.92. The molecule has 0 aliphatic rings. The van der Waals surface area contributed by atoms with Crippen molar-refractivity contribution < 1.29 is 9.66 Å². The summed E-state index contributed by atoms with van der Waals surface area (Å²) in [6.07, 6.45) is 1.72. The van der Waals surface area contributed by atoms with Gasteiger partial charge in [0, 0.05) is 30.4 Å². The van der Waals surface area contributed by atoms with E-state index in [1.54, 1.807) is 19.2 Å². The van der Waals surface area contributed by atoms with E-state index in [0.717, 1.165) is 23.5 Å². The van der Waals surface area contributed by atoms with Crippen LogP contribution >= 0.6 is 0 Å². The lowest BCUT2D eigenvalue weighted by molar-refractivity contribution is -0.384. The molecule has 0 bridgehead atoms. The molecule has 0 aliphatic heterocycles. The standard InChI is InChI=1S/C15H17N3O3/c1-3-16-15-12(5-4-8-17-15)10-21-14-7-6-13(18(19)20)9-11(14)2/h4-9H,3,10H2,1-2H3,(H,16,17). The van der Waals surface area contributed by atoms with Gasteiger partial charge in [0.15, 0.2) is 0 Å². The summed E-state index contributed by atoms with van der Waals surface area (Å²) in [6, 6.07) is 8.35. The Labute approximate surface area is 122 Å². The number of ether oxygens (including phenoxy) is 1. The third-order valence-electron chi connectivity index (χ3n) is 2.99. The summed E-state index contributed by atoms with van der Waals surface area (Å²) in [5, 5.41) is 13.9. The smallest absolute Gasteiger partial charge is 0.269 e. The molecule has 0 unspecified atom stereocenters. The predicted octanol–water partition coefficient (Wildman–Crippen LogP) is 3.31. The maximum atomic E-state index is 10.7. The van der Waals surface area contributed by atoms with Crippen LogP contribution in [0, 0.1) is 17.0 Å². The van der Waals surface area contributed by atoms with Crippen LogP contribution in [0.5, 0.6) is 5.75 Å². The third-order valence-corrected chi connectivity index (χ3v) is 2.99. The molecule has 2 aromatic rings. The lowest BCUT2D eigenvalue weighted by Gasteiger charge is -2.12. The summed E-state index contributed by atoms with van der Waals surface area (Å²) in [4.78, 5) is 14.6. The first-order valence-corrected chi connectivity index (χ1v) is 6.67. The Morgan fingerprint density at radius 2 is 2.19 bits per heavy atom. The first-order valence-electron chi connectivity index (χ1n) is 6.67. The molecule has 1 N–H and O–H groups in total. The van der Waals surface area contributed by atoms with Crippen molar-refractivity contribution in [1.82, 2.24) is 4.98 Å². The Kier molecular flexibility index (Phi) is 4.71. The molecule has 0 saturated carbocycles.